The molecule has 1 heterocycles. The third-order valence-electron chi connectivity index (χ3n) is 3.73. The Bertz CT molecular complexity index is 522. The number of halogens is 4. The molecule has 0 spiro atoms. The van der Waals surface area contributed by atoms with E-state index in [1.165, 1.54) is 0 Å². The molecule has 22 heavy (non-hydrogen) atoms. The first-order valence-electron chi connectivity index (χ1n) is 7.24. The lowest BCUT2D eigenvalue weighted by atomic mass is 10.0. The van der Waals surface area contributed by atoms with Gasteiger partial charge in [-0.05, 0) is 30.9 Å². The molecule has 1 aromatic carbocycles. The lowest BCUT2D eigenvalue weighted by molar-refractivity contribution is -0.190. The third-order valence-corrected chi connectivity index (χ3v) is 4.51. The fraction of sp³-hybridized carbons (Fsp3) is 0.533. The van der Waals surface area contributed by atoms with E-state index in [0.717, 1.165) is 21.5 Å². The number of aryl methyl sites for hydroxylation is 1. The van der Waals surface area contributed by atoms with E-state index >= 15 is 0 Å². The lowest BCUT2D eigenvalue weighted by Crippen LogP contribution is -2.49. The van der Waals surface area contributed by atoms with Crippen LogP contribution in [-0.4, -0.2) is 29.7 Å². The van der Waals surface area contributed by atoms with Gasteiger partial charge in [-0.25, -0.2) is 5.01 Å². The zero-order chi connectivity index (χ0) is 16.2. The maximum Gasteiger partial charge on any atom is 0.405 e. The number of alkyl halides is 3. The van der Waals surface area contributed by atoms with Gasteiger partial charge in [-0.15, -0.1) is 0 Å². The molecule has 122 valence electrons. The summed E-state index contributed by atoms with van der Waals surface area (Å²) in [6.45, 7) is 0.118. The molecule has 1 aliphatic rings. The van der Waals surface area contributed by atoms with Crippen LogP contribution < -0.4 is 5.43 Å². The molecule has 1 fully saturated rings. The number of nitrogens with zero attached hydrogens (tertiary/aromatic N) is 1. The Morgan fingerprint density at radius 2 is 2.00 bits per heavy atom. The van der Waals surface area contributed by atoms with Gasteiger partial charge in [0, 0.05) is 17.4 Å². The summed E-state index contributed by atoms with van der Waals surface area (Å²) in [4.78, 5) is 11.1. The average molecular weight is 379 g/mol. The number of hydrogen-bond acceptors (Lipinski definition) is 2. The zero-order valence-corrected chi connectivity index (χ0v) is 13.6. The van der Waals surface area contributed by atoms with Gasteiger partial charge in [-0.2, -0.15) is 13.2 Å². The Labute approximate surface area is 136 Å². The Hall–Kier alpha value is -1.08. The average Bonchev–Trinajstić information content (AvgIpc) is 2.85. The van der Waals surface area contributed by atoms with Crippen molar-refractivity contribution >= 4 is 21.8 Å². The van der Waals surface area contributed by atoms with Crippen LogP contribution in [0.3, 0.4) is 0 Å². The molecule has 1 aromatic rings. The maximum absolute atomic E-state index is 13.1. The van der Waals surface area contributed by atoms with Gasteiger partial charge in [0.05, 0.1) is 0 Å². The molecule has 1 aliphatic heterocycles. The Balaban J connectivity index is 1.84. The summed E-state index contributed by atoms with van der Waals surface area (Å²) >= 11 is 3.43. The SMILES string of the molecule is O=C1CCN([C@@H](CCCCc2ccccc2Br)C(F)(F)F)N1. The Morgan fingerprint density at radius 1 is 1.27 bits per heavy atom. The van der Waals surface area contributed by atoms with Crippen molar-refractivity contribution in [2.24, 2.45) is 0 Å². The van der Waals surface area contributed by atoms with Crippen LogP contribution in [0.15, 0.2) is 28.7 Å². The minimum absolute atomic E-state index is 0.00572. The quantitative estimate of drug-likeness (QED) is 0.762. The fourth-order valence-corrected chi connectivity index (χ4v) is 3.06. The molecule has 0 unspecified atom stereocenters. The molecule has 0 bridgehead atoms. The predicted octanol–water partition coefficient (Wildman–Crippen LogP) is 3.83. The summed E-state index contributed by atoms with van der Waals surface area (Å²) in [6, 6.07) is 6.11. The number of amides is 1. The smallest absolute Gasteiger partial charge is 0.288 e. The molecule has 7 heteroatoms. The fourth-order valence-electron chi connectivity index (χ4n) is 2.58. The Kier molecular flexibility index (Phi) is 5.86. The number of hydrogen-bond donors (Lipinski definition) is 1. The first-order chi connectivity index (χ1) is 10.4. The summed E-state index contributed by atoms with van der Waals surface area (Å²) in [7, 11) is 0. The van der Waals surface area contributed by atoms with Crippen molar-refractivity contribution in [2.75, 3.05) is 6.54 Å². The van der Waals surface area contributed by atoms with Crippen molar-refractivity contribution in [1.29, 1.82) is 0 Å². The molecule has 3 nitrogen and oxygen atoms in total. The number of unbranched alkanes of at least 4 members (excludes halogenated alkanes) is 1. The molecule has 1 amide bonds. The number of hydrazine groups is 1. The van der Waals surface area contributed by atoms with E-state index in [2.05, 4.69) is 21.4 Å². The highest BCUT2D eigenvalue weighted by Gasteiger charge is 2.45. The molecule has 2 rings (SSSR count). The summed E-state index contributed by atoms with van der Waals surface area (Å²) in [5, 5.41) is 1.03. The van der Waals surface area contributed by atoms with Gasteiger partial charge in [0.25, 0.3) is 0 Å². The minimum Gasteiger partial charge on any atom is -0.288 e. The van der Waals surface area contributed by atoms with Gasteiger partial charge in [0.2, 0.25) is 5.91 Å². The monoisotopic (exact) mass is 378 g/mol. The summed E-state index contributed by atoms with van der Waals surface area (Å²) in [5.41, 5.74) is 3.39. The van der Waals surface area contributed by atoms with Gasteiger partial charge in [0.15, 0.2) is 0 Å². The van der Waals surface area contributed by atoms with Crippen molar-refractivity contribution < 1.29 is 18.0 Å². The second kappa shape index (κ2) is 7.46. The summed E-state index contributed by atoms with van der Waals surface area (Å²) in [6.07, 6.45) is -2.34. The van der Waals surface area contributed by atoms with Gasteiger partial charge in [-0.1, -0.05) is 40.5 Å². The van der Waals surface area contributed by atoms with Crippen LogP contribution >= 0.6 is 15.9 Å². The maximum atomic E-state index is 13.1. The van der Waals surface area contributed by atoms with Crippen LogP contribution in [-0.2, 0) is 11.2 Å². The third kappa shape index (κ3) is 4.71. The topological polar surface area (TPSA) is 32.3 Å². The van der Waals surface area contributed by atoms with Crippen molar-refractivity contribution in [1.82, 2.24) is 10.4 Å². The van der Waals surface area contributed by atoms with Crippen molar-refractivity contribution in [3.8, 4) is 0 Å². The molecule has 0 saturated carbocycles. The van der Waals surface area contributed by atoms with Gasteiger partial charge in [-0.3, -0.25) is 10.2 Å². The van der Waals surface area contributed by atoms with Crippen molar-refractivity contribution in [3.05, 3.63) is 34.3 Å². The first-order valence-corrected chi connectivity index (χ1v) is 8.03. The van der Waals surface area contributed by atoms with E-state index in [-0.39, 0.29) is 25.3 Å². The van der Waals surface area contributed by atoms with Gasteiger partial charge in [0.1, 0.15) is 6.04 Å². The lowest BCUT2D eigenvalue weighted by Gasteiger charge is -2.28. The molecule has 0 aromatic heterocycles. The van der Waals surface area contributed by atoms with E-state index in [4.69, 9.17) is 0 Å². The van der Waals surface area contributed by atoms with Crippen LogP contribution in [0, 0.1) is 0 Å². The van der Waals surface area contributed by atoms with E-state index in [1.807, 2.05) is 24.3 Å². The molecule has 1 N–H and O–H groups in total. The Morgan fingerprint density at radius 3 is 2.59 bits per heavy atom. The molecule has 0 radical (unpaired) electrons. The van der Waals surface area contributed by atoms with Crippen molar-refractivity contribution in [3.63, 3.8) is 0 Å². The van der Waals surface area contributed by atoms with E-state index in [1.54, 1.807) is 0 Å². The van der Waals surface area contributed by atoms with Crippen LogP contribution in [0.4, 0.5) is 13.2 Å². The molecule has 1 atom stereocenters. The van der Waals surface area contributed by atoms with E-state index in [0.29, 0.717) is 12.8 Å². The highest BCUT2D eigenvalue weighted by Crippen LogP contribution is 2.29. The molecule has 1 saturated heterocycles. The largest absolute Gasteiger partial charge is 0.405 e. The second-order valence-electron chi connectivity index (χ2n) is 5.37. The highest BCUT2D eigenvalue weighted by molar-refractivity contribution is 9.10. The normalized spacial score (nSPS) is 17.5. The van der Waals surface area contributed by atoms with E-state index < -0.39 is 12.2 Å². The number of benzene rings is 1. The standard InChI is InChI=1S/C15H18BrF3N2O/c16-12-7-3-1-5-11(12)6-2-4-8-13(15(17,18)19)21-10-9-14(22)20-21/h1,3,5,7,13H,2,4,6,8-10H2,(H,20,22)/t13-/m0/s1. The summed E-state index contributed by atoms with van der Waals surface area (Å²) in [5.74, 6) is -0.345. The van der Waals surface area contributed by atoms with Crippen LogP contribution in [0.1, 0.15) is 31.2 Å². The number of carbonyl (C=O) groups is 1. The zero-order valence-electron chi connectivity index (χ0n) is 12.0. The second-order valence-corrected chi connectivity index (χ2v) is 6.23. The highest BCUT2D eigenvalue weighted by atomic mass is 79.9. The van der Waals surface area contributed by atoms with Gasteiger partial charge >= 0.3 is 6.18 Å². The minimum atomic E-state index is -4.33. The number of nitrogens with one attached hydrogen (secondary N) is 1. The first kappa shape index (κ1) is 17.3. The number of rotatable bonds is 6. The van der Waals surface area contributed by atoms with Crippen LogP contribution in [0.2, 0.25) is 0 Å². The molecular weight excluding hydrogens is 361 g/mol. The number of carbonyl (C=O) groups excluding carboxylic acids is 1. The van der Waals surface area contributed by atoms with Crippen LogP contribution in [0.5, 0.6) is 0 Å². The molecule has 0 aliphatic carbocycles. The van der Waals surface area contributed by atoms with Gasteiger partial charge < -0.3 is 0 Å². The van der Waals surface area contributed by atoms with Crippen LogP contribution in [0.25, 0.3) is 0 Å². The predicted molar refractivity (Wildman–Crippen MR) is 81.0 cm³/mol. The summed E-state index contributed by atoms with van der Waals surface area (Å²) < 4.78 is 40.3. The van der Waals surface area contributed by atoms with Crippen molar-refractivity contribution in [2.45, 2.75) is 44.3 Å². The molecular formula is C15H18BrF3N2O. The van der Waals surface area contributed by atoms with E-state index in [9.17, 15) is 18.0 Å².